The van der Waals surface area contributed by atoms with Crippen LogP contribution in [-0.4, -0.2) is 114 Å². The molecule has 24 heteroatoms. The molecule has 21 rings (SSSR count). The maximum absolute atomic E-state index is 7.83. The second kappa shape index (κ2) is 27.9. The minimum absolute atomic E-state index is 0.159. The molecule has 17 aromatic rings. The Labute approximate surface area is 674 Å². The average Bonchev–Trinajstić information content (AvgIpc) is 1.55. The number of aromatic nitrogens is 16. The molecule has 4 aliphatic heterocycles. The average molecular weight is 1530 g/mol. The summed E-state index contributed by atoms with van der Waals surface area (Å²) >= 11 is 0. The van der Waals surface area contributed by atoms with Crippen LogP contribution in [0.3, 0.4) is 0 Å². The monoisotopic (exact) mass is 1530 g/mol. The zero-order valence-corrected chi connectivity index (χ0v) is 68.6. The van der Waals surface area contributed by atoms with Crippen molar-refractivity contribution in [1.29, 1.82) is 0 Å². The summed E-state index contributed by atoms with van der Waals surface area (Å²) < 4.78 is 49.3. The van der Waals surface area contributed by atoms with Gasteiger partial charge in [0.15, 0.2) is 64.5 Å². The summed E-state index contributed by atoms with van der Waals surface area (Å²) in [5.74, 6) is 8.03. The fourth-order valence-electron chi connectivity index (χ4n) is 17.8. The van der Waals surface area contributed by atoms with Gasteiger partial charge < -0.3 is 37.9 Å². The number of hydrogen-bond donors (Lipinski definition) is 0. The molecule has 12 aromatic heterocycles. The van der Waals surface area contributed by atoms with Crippen molar-refractivity contribution < 1.29 is 22.4 Å². The first kappa shape index (κ1) is 69.3. The molecule has 0 N–H and O–H groups in total. The predicted molar refractivity (Wildman–Crippen MR) is 461 cm³/mol. The maximum Gasteiger partial charge on any atom is 0.283 e. The van der Waals surface area contributed by atoms with Gasteiger partial charge in [-0.25, -0.2) is 57.8 Å². The Morgan fingerprint density at radius 1 is 0.365 bits per heavy atom. The van der Waals surface area contributed by atoms with E-state index in [1.165, 1.54) is 34.1 Å². The van der Waals surface area contributed by atoms with Crippen LogP contribution in [0.2, 0.25) is 0 Å². The van der Waals surface area contributed by atoms with Gasteiger partial charge in [0, 0.05) is 128 Å². The molecular weight excluding hydrogens is 1430 g/mol. The number of benzene rings is 5. The first-order valence-electron chi connectivity index (χ1n) is 40.6. The third-order valence-electron chi connectivity index (χ3n) is 24.6. The molecule has 5 aromatic carbocycles. The molecule has 4 aliphatic rings. The standard InChI is InChI=1S/C25H25N6.C24H29N6.2C21H23N6/c1-17-27(2)20-12-7-8-13-22(20)31(17)24-15-9-14-21(28(24)3)23-16-30-19-11-6-5-10-18(19)26-25(30)29(23)4;1-15-16(2)29-17(3)23(28(7)24(29)25-15)21-13-10-14-22(27(21)6)30-18(4)26(5)19-11-8-9-12-20(19)30;1-15-23(2)16-8-5-6-9-18(16)27(15)20-11-7-10-17(24(20)3)19-14-26-13-12-22-21(26)25(19)4;1-15-23(2)12-13-26(15)20-11-7-10-18(24(20)3)19-14-27-17-9-6-5-8-16(17)22-21(27)25(19)4/h5-17H,1-4H3;8-14,18H,1-7H3;2*5-15H,1-4H3/q4*+1/t17-;18-;2*15-/m0000/s1/i;1D3;;. The molecule has 0 amide bonds. The van der Waals surface area contributed by atoms with E-state index in [4.69, 9.17) is 14.1 Å². The summed E-state index contributed by atoms with van der Waals surface area (Å²) in [6.07, 6.45) is 15.5. The van der Waals surface area contributed by atoms with E-state index >= 15 is 0 Å². The molecule has 0 fully saturated rings. The highest BCUT2D eigenvalue weighted by atomic mass is 15.5. The fourth-order valence-corrected chi connectivity index (χ4v) is 17.8. The quantitative estimate of drug-likeness (QED) is 0.134. The number of hydrogen-bond acceptors (Lipinski definition) is 12. The summed E-state index contributed by atoms with van der Waals surface area (Å²) in [5, 5.41) is 0. The van der Waals surface area contributed by atoms with Crippen molar-refractivity contribution in [2.24, 2.45) is 56.4 Å². The minimum Gasteiger partial charge on any atom is -0.339 e. The molecule has 580 valence electrons. The van der Waals surface area contributed by atoms with Crippen LogP contribution < -0.4 is 52.6 Å². The van der Waals surface area contributed by atoms with Gasteiger partial charge in [0.2, 0.25) is 23.1 Å². The molecule has 0 saturated carbocycles. The lowest BCUT2D eigenvalue weighted by Crippen LogP contribution is -2.44. The van der Waals surface area contributed by atoms with Crippen LogP contribution in [0.25, 0.3) is 90.7 Å². The van der Waals surface area contributed by atoms with Crippen LogP contribution in [0.4, 0.5) is 57.4 Å². The van der Waals surface area contributed by atoms with Gasteiger partial charge >= 0.3 is 0 Å². The third-order valence-corrected chi connectivity index (χ3v) is 24.6. The highest BCUT2D eigenvalue weighted by Gasteiger charge is 2.43. The van der Waals surface area contributed by atoms with Crippen LogP contribution in [0.1, 0.15) is 48.9 Å². The third kappa shape index (κ3) is 11.4. The van der Waals surface area contributed by atoms with Crippen molar-refractivity contribution in [3.8, 4) is 45.6 Å². The van der Waals surface area contributed by atoms with Gasteiger partial charge in [0.25, 0.3) is 23.3 Å². The second-order valence-electron chi connectivity index (χ2n) is 30.7. The number of para-hydroxylation sites is 10. The van der Waals surface area contributed by atoms with E-state index in [2.05, 4.69) is 413 Å². The summed E-state index contributed by atoms with van der Waals surface area (Å²) in [6, 6.07) is 67.9. The molecule has 4 atom stereocenters. The van der Waals surface area contributed by atoms with Gasteiger partial charge in [-0.2, -0.15) is 0 Å². The maximum atomic E-state index is 7.83. The van der Waals surface area contributed by atoms with E-state index in [1.807, 2.05) is 54.4 Å². The van der Waals surface area contributed by atoms with Crippen molar-refractivity contribution >= 4 is 103 Å². The summed E-state index contributed by atoms with van der Waals surface area (Å²) in [7, 11) is 25.2. The van der Waals surface area contributed by atoms with Crippen molar-refractivity contribution in [1.82, 2.24) is 60.7 Å². The van der Waals surface area contributed by atoms with Gasteiger partial charge in [-0.1, -0.05) is 60.7 Å². The van der Waals surface area contributed by atoms with Gasteiger partial charge in [-0.3, -0.25) is 17.6 Å². The summed E-state index contributed by atoms with van der Waals surface area (Å²) in [6.45, 7) is 10.5. The van der Waals surface area contributed by atoms with Gasteiger partial charge in [-0.05, 0) is 158 Å². The number of nitrogens with zero attached hydrogens (tertiary/aromatic N) is 24. The molecule has 0 saturated heterocycles. The molecule has 115 heavy (non-hydrogen) atoms. The Kier molecular flexibility index (Phi) is 16.8. The highest BCUT2D eigenvalue weighted by molar-refractivity contribution is 5.86. The normalized spacial score (nSPS) is 16.8. The van der Waals surface area contributed by atoms with Crippen molar-refractivity contribution in [2.75, 3.05) is 62.5 Å². The van der Waals surface area contributed by atoms with Gasteiger partial charge in [0.1, 0.15) is 29.0 Å². The van der Waals surface area contributed by atoms with E-state index in [9.17, 15) is 0 Å². The molecule has 24 nitrogen and oxygen atoms in total. The predicted octanol–water partition coefficient (Wildman–Crippen LogP) is 14.3. The van der Waals surface area contributed by atoms with Crippen LogP contribution in [-0.2, 0) is 56.4 Å². The lowest BCUT2D eigenvalue weighted by Gasteiger charge is -2.22. The molecular formula is C91H100N24+4. The molecule has 16 heterocycles. The Bertz CT molecular complexity index is 6830. The Morgan fingerprint density at radius 3 is 1.18 bits per heavy atom. The van der Waals surface area contributed by atoms with Crippen molar-refractivity contribution in [2.45, 2.75) is 73.1 Å². The molecule has 0 aliphatic carbocycles. The Morgan fingerprint density at radius 2 is 0.757 bits per heavy atom. The van der Waals surface area contributed by atoms with Crippen molar-refractivity contribution in [3.63, 3.8) is 0 Å². The summed E-state index contributed by atoms with van der Waals surface area (Å²) in [5.41, 5.74) is 22.3. The van der Waals surface area contributed by atoms with E-state index in [0.29, 0.717) is 17.6 Å². The lowest BCUT2D eigenvalue weighted by molar-refractivity contribution is -0.648. The molecule has 0 unspecified atom stereocenters. The number of anilines is 10. The Hall–Kier alpha value is -13.6. The smallest absolute Gasteiger partial charge is 0.283 e. The number of fused-ring (bicyclic) bond motifs is 11. The Balaban J connectivity index is 0.000000109. The number of aryl methyl sites for hydroxylation is 7. The zero-order chi connectivity index (χ0) is 82.5. The minimum atomic E-state index is -2.24. The number of rotatable bonds is 8. The van der Waals surface area contributed by atoms with E-state index < -0.39 is 6.85 Å². The zero-order valence-electron chi connectivity index (χ0n) is 71.6. The number of imidazole rings is 8. The first-order chi connectivity index (χ1) is 56.7. The van der Waals surface area contributed by atoms with Crippen molar-refractivity contribution in [3.05, 3.63) is 255 Å². The van der Waals surface area contributed by atoms with Gasteiger partial charge in [-0.15, -0.1) is 0 Å². The lowest BCUT2D eigenvalue weighted by atomic mass is 10.2. The van der Waals surface area contributed by atoms with Crippen LogP contribution >= 0.6 is 0 Å². The van der Waals surface area contributed by atoms with E-state index in [0.717, 1.165) is 114 Å². The molecule has 0 bridgehead atoms. The van der Waals surface area contributed by atoms with E-state index in [1.54, 1.807) is 0 Å². The number of pyridine rings is 4. The van der Waals surface area contributed by atoms with E-state index in [-0.39, 0.29) is 24.2 Å². The fraction of sp³-hybridized carbons (Fsp3) is 0.253. The highest BCUT2D eigenvalue weighted by Crippen LogP contribution is 2.46. The molecule has 0 radical (unpaired) electrons. The second-order valence-corrected chi connectivity index (χ2v) is 30.7. The van der Waals surface area contributed by atoms with Crippen LogP contribution in [0.5, 0.6) is 0 Å². The SMILES string of the molecule is C[C@H]1N(C)C=CN1c1cccc(-c2cn3c4ccccc4nc3n2C)[n+]1C.C[C@H]1N(C)c2ccccc2N1c1cccc(-c2cn3c4ccccc4nc3n2C)[n+]1C.C[C@H]1N(C)c2ccccc2N1c1cccc(-c2cn3ccnc3n2C)[n+]1C.[2H]C([2H])([2H])c1nc2n(C)c(-c3cccc(N4c5ccccc5N(C)[C@@H]4C)[n+]3C)c(C)n2c1C. The first-order valence-corrected chi connectivity index (χ1v) is 39.1. The summed E-state index contributed by atoms with van der Waals surface area (Å²) in [4.78, 5) is 37.2. The topological polar surface area (TPSA) is 130 Å². The van der Waals surface area contributed by atoms with Crippen LogP contribution in [0.15, 0.2) is 238 Å². The molecule has 0 spiro atoms. The van der Waals surface area contributed by atoms with Gasteiger partial charge in [0.05, 0.1) is 78.7 Å². The largest absolute Gasteiger partial charge is 0.339 e. The van der Waals surface area contributed by atoms with Crippen LogP contribution in [0, 0.1) is 20.7 Å².